The van der Waals surface area contributed by atoms with Gasteiger partial charge in [0.1, 0.15) is 24.2 Å². The first kappa shape index (κ1) is 18.9. The summed E-state index contributed by atoms with van der Waals surface area (Å²) in [5, 5.41) is 3.37. The molecule has 0 aromatic heterocycles. The van der Waals surface area contributed by atoms with Gasteiger partial charge in [-0.25, -0.2) is 0 Å². The first-order valence-corrected chi connectivity index (χ1v) is 10.1. The molecule has 0 bridgehead atoms. The summed E-state index contributed by atoms with van der Waals surface area (Å²) in [6.07, 6.45) is 1.19. The van der Waals surface area contributed by atoms with Crippen LogP contribution >= 0.6 is 0 Å². The van der Waals surface area contributed by atoms with Crippen LogP contribution in [0.2, 0.25) is 0 Å². The van der Waals surface area contributed by atoms with Gasteiger partial charge in [-0.05, 0) is 25.1 Å². The van der Waals surface area contributed by atoms with Gasteiger partial charge >= 0.3 is 0 Å². The number of benzene rings is 2. The van der Waals surface area contributed by atoms with Gasteiger partial charge in [-0.2, -0.15) is 0 Å². The van der Waals surface area contributed by atoms with E-state index in [1.165, 1.54) is 0 Å². The van der Waals surface area contributed by atoms with Gasteiger partial charge in [-0.1, -0.05) is 0 Å². The van der Waals surface area contributed by atoms with E-state index in [9.17, 15) is 4.79 Å². The number of fused-ring (bicyclic) bond motifs is 3. The Kier molecular flexibility index (Phi) is 5.23. The molecule has 8 nitrogen and oxygen atoms in total. The maximum Gasteiger partial charge on any atom is 0.231 e. The topological polar surface area (TPSA) is 84.5 Å². The summed E-state index contributed by atoms with van der Waals surface area (Å²) in [6.45, 7) is 3.15. The lowest BCUT2D eigenvalue weighted by molar-refractivity contribution is 0.0899. The van der Waals surface area contributed by atoms with Crippen molar-refractivity contribution in [1.29, 1.82) is 0 Å². The number of carbonyl (C=O) groups is 1. The zero-order chi connectivity index (χ0) is 20.3. The molecule has 0 aliphatic carbocycles. The molecule has 1 unspecified atom stereocenters. The lowest BCUT2D eigenvalue weighted by atomic mass is 10.1. The van der Waals surface area contributed by atoms with E-state index in [-0.39, 0.29) is 18.7 Å². The monoisotopic (exact) mass is 413 g/mol. The van der Waals surface area contributed by atoms with Gasteiger partial charge < -0.3 is 33.7 Å². The number of nitrogens with one attached hydrogen (secondary N) is 1. The van der Waals surface area contributed by atoms with E-state index in [0.717, 1.165) is 13.0 Å². The molecule has 0 radical (unpaired) electrons. The van der Waals surface area contributed by atoms with E-state index in [1.807, 2.05) is 12.1 Å². The fourth-order valence-electron chi connectivity index (χ4n) is 3.59. The van der Waals surface area contributed by atoms with Crippen LogP contribution in [-0.2, 0) is 0 Å². The van der Waals surface area contributed by atoms with Crippen LogP contribution in [0.4, 0.5) is 0 Å². The van der Waals surface area contributed by atoms with Crippen molar-refractivity contribution >= 4 is 5.78 Å². The Morgan fingerprint density at radius 3 is 2.70 bits per heavy atom. The Morgan fingerprint density at radius 2 is 1.80 bits per heavy atom. The summed E-state index contributed by atoms with van der Waals surface area (Å²) >= 11 is 0. The van der Waals surface area contributed by atoms with Crippen molar-refractivity contribution in [2.24, 2.45) is 0 Å². The summed E-state index contributed by atoms with van der Waals surface area (Å²) in [7, 11) is 0. The zero-order valence-corrected chi connectivity index (χ0v) is 16.5. The van der Waals surface area contributed by atoms with Crippen LogP contribution in [0.25, 0.3) is 0 Å². The molecule has 1 atom stereocenters. The highest BCUT2D eigenvalue weighted by Crippen LogP contribution is 2.43. The van der Waals surface area contributed by atoms with E-state index in [1.54, 1.807) is 18.2 Å². The van der Waals surface area contributed by atoms with Crippen molar-refractivity contribution in [1.82, 2.24) is 5.32 Å². The maximum absolute atomic E-state index is 11.8. The van der Waals surface area contributed by atoms with Crippen molar-refractivity contribution in [3.8, 4) is 34.5 Å². The van der Waals surface area contributed by atoms with Gasteiger partial charge in [-0.3, -0.25) is 4.79 Å². The first-order chi connectivity index (χ1) is 14.8. The molecule has 0 saturated carbocycles. The number of ketones is 1. The highest BCUT2D eigenvalue weighted by Gasteiger charge is 2.25. The second kappa shape index (κ2) is 8.31. The average molecular weight is 413 g/mol. The van der Waals surface area contributed by atoms with E-state index in [2.05, 4.69) is 5.32 Å². The highest BCUT2D eigenvalue weighted by molar-refractivity contribution is 5.99. The molecule has 0 saturated heterocycles. The second-order valence-corrected chi connectivity index (χ2v) is 7.29. The minimum absolute atomic E-state index is 0.0749. The highest BCUT2D eigenvalue weighted by atomic mass is 16.7. The Labute approximate surface area is 174 Å². The molecule has 3 aliphatic heterocycles. The number of hydrogen-bond acceptors (Lipinski definition) is 8. The molecular formula is C22H23NO7. The number of ether oxygens (including phenoxy) is 6. The van der Waals surface area contributed by atoms with Crippen LogP contribution in [0.5, 0.6) is 34.5 Å². The molecule has 3 heterocycles. The number of rotatable bonds is 7. The van der Waals surface area contributed by atoms with E-state index >= 15 is 0 Å². The SMILES string of the molecule is O=C1CCOc2cc(OCCCNCC3COc4cc5c(cc4O3)OCO5)ccc21. The summed E-state index contributed by atoms with van der Waals surface area (Å²) in [6, 6.07) is 8.99. The smallest absolute Gasteiger partial charge is 0.231 e. The predicted molar refractivity (Wildman–Crippen MR) is 106 cm³/mol. The number of Topliss-reactive ketones (excluding diaryl/α,β-unsaturated/α-hetero) is 1. The Bertz CT molecular complexity index is 945. The van der Waals surface area contributed by atoms with Crippen LogP contribution in [-0.4, -0.2) is 51.6 Å². The average Bonchev–Trinajstić information content (AvgIpc) is 3.22. The molecule has 1 N–H and O–H groups in total. The third-order valence-corrected chi connectivity index (χ3v) is 5.14. The molecule has 8 heteroatoms. The van der Waals surface area contributed by atoms with Crippen molar-refractivity contribution < 1.29 is 33.2 Å². The van der Waals surface area contributed by atoms with Crippen LogP contribution in [0.3, 0.4) is 0 Å². The number of carbonyl (C=O) groups excluding carboxylic acids is 1. The first-order valence-electron chi connectivity index (χ1n) is 10.1. The zero-order valence-electron chi connectivity index (χ0n) is 16.5. The van der Waals surface area contributed by atoms with Crippen LogP contribution in [0, 0.1) is 0 Å². The molecule has 0 spiro atoms. The summed E-state index contributed by atoms with van der Waals surface area (Å²) in [4.78, 5) is 11.8. The Hall–Kier alpha value is -3.13. The van der Waals surface area contributed by atoms with E-state index in [0.29, 0.717) is 72.8 Å². The van der Waals surface area contributed by atoms with Gasteiger partial charge in [0.2, 0.25) is 6.79 Å². The van der Waals surface area contributed by atoms with E-state index < -0.39 is 0 Å². The van der Waals surface area contributed by atoms with Crippen molar-refractivity contribution in [3.05, 3.63) is 35.9 Å². The molecule has 2 aromatic rings. The molecule has 30 heavy (non-hydrogen) atoms. The number of hydrogen-bond donors (Lipinski definition) is 1. The summed E-state index contributed by atoms with van der Waals surface area (Å²) in [5.41, 5.74) is 0.635. The van der Waals surface area contributed by atoms with Crippen LogP contribution < -0.4 is 33.7 Å². The van der Waals surface area contributed by atoms with Gasteiger partial charge in [0.25, 0.3) is 0 Å². The molecule has 5 rings (SSSR count). The molecule has 158 valence electrons. The fourth-order valence-corrected chi connectivity index (χ4v) is 3.59. The quantitative estimate of drug-likeness (QED) is 0.694. The minimum atomic E-state index is -0.0749. The Morgan fingerprint density at radius 1 is 0.967 bits per heavy atom. The normalized spacial score (nSPS) is 18.5. The third kappa shape index (κ3) is 3.95. The van der Waals surface area contributed by atoms with E-state index in [4.69, 9.17) is 28.4 Å². The largest absolute Gasteiger partial charge is 0.493 e. The lowest BCUT2D eigenvalue weighted by Gasteiger charge is -2.27. The molecule has 0 fully saturated rings. The van der Waals surface area contributed by atoms with Gasteiger partial charge in [0.15, 0.2) is 28.8 Å². The van der Waals surface area contributed by atoms with Gasteiger partial charge in [-0.15, -0.1) is 0 Å². The predicted octanol–water partition coefficient (Wildman–Crippen LogP) is 2.58. The van der Waals surface area contributed by atoms with Crippen LogP contribution in [0.1, 0.15) is 23.2 Å². The fraction of sp³-hybridized carbons (Fsp3) is 0.409. The van der Waals surface area contributed by atoms with Crippen LogP contribution in [0.15, 0.2) is 30.3 Å². The molecule has 3 aliphatic rings. The molecular weight excluding hydrogens is 390 g/mol. The third-order valence-electron chi connectivity index (χ3n) is 5.14. The van der Waals surface area contributed by atoms with Gasteiger partial charge in [0.05, 0.1) is 18.8 Å². The second-order valence-electron chi connectivity index (χ2n) is 7.29. The molecule has 2 aromatic carbocycles. The summed E-state index contributed by atoms with van der Waals surface area (Å²) in [5.74, 6) is 4.16. The molecule has 0 amide bonds. The summed E-state index contributed by atoms with van der Waals surface area (Å²) < 4.78 is 33.8. The minimum Gasteiger partial charge on any atom is -0.493 e. The Balaban J connectivity index is 1.03. The van der Waals surface area contributed by atoms with Gasteiger partial charge in [0, 0.05) is 31.2 Å². The lowest BCUT2D eigenvalue weighted by Crippen LogP contribution is -2.39. The standard InChI is InChI=1S/C22H23NO7/c24-17-4-7-26-18-8-14(2-3-16(17)18)25-6-1-5-23-11-15-12-27-21-9-19-20(29-13-28-19)10-22(21)30-15/h2-3,8-10,15,23H,1,4-7,11-13H2. The van der Waals surface area contributed by atoms with Crippen molar-refractivity contribution in [2.75, 3.05) is 39.7 Å². The maximum atomic E-state index is 11.8. The van der Waals surface area contributed by atoms with Crippen molar-refractivity contribution in [2.45, 2.75) is 18.9 Å². The van der Waals surface area contributed by atoms with Crippen molar-refractivity contribution in [3.63, 3.8) is 0 Å².